The summed E-state index contributed by atoms with van der Waals surface area (Å²) in [6.45, 7) is 0.919. The van der Waals surface area contributed by atoms with E-state index in [1.807, 2.05) is 0 Å². The molecule has 0 amide bonds. The normalized spacial score (nSPS) is 6.75. The maximum absolute atomic E-state index is 10.6. The summed E-state index contributed by atoms with van der Waals surface area (Å²) >= 11 is 0. The smallest absolute Gasteiger partial charge is 0.412 e. The number of rotatable bonds is 1. The third-order valence-corrected chi connectivity index (χ3v) is 0.358. The third kappa shape index (κ3) is 3.23. The molecule has 0 unspecified atom stereocenters. The monoisotopic (exact) mass is 124 g/mol. The summed E-state index contributed by atoms with van der Waals surface area (Å²) in [6.07, 6.45) is 0. The fourth-order valence-corrected chi connectivity index (χ4v) is 0.0543. The van der Waals surface area contributed by atoms with E-state index in [-0.39, 0.29) is 5.48 Å². The molecule has 8 heavy (non-hydrogen) atoms. The van der Waals surface area contributed by atoms with Crippen molar-refractivity contribution in [2.75, 3.05) is 0 Å². The molecule has 0 radical (unpaired) electrons. The van der Waals surface area contributed by atoms with Crippen molar-refractivity contribution in [2.24, 2.45) is 0 Å². The molecule has 0 fully saturated rings. The van der Waals surface area contributed by atoms with Gasteiger partial charge in [0, 0.05) is 11.4 Å². The van der Waals surface area contributed by atoms with Crippen LogP contribution in [0.4, 0.5) is 4.53 Å². The third-order valence-electron chi connectivity index (χ3n) is 0.358. The molecule has 0 aromatic carbocycles. The highest BCUT2D eigenvalue weighted by atomic mass is 19.3. The zero-order valence-corrected chi connectivity index (χ0v) is 4.10. The highest BCUT2D eigenvalue weighted by Gasteiger charge is 2.07. The van der Waals surface area contributed by atoms with Crippen molar-refractivity contribution in [2.45, 2.75) is 6.92 Å². The first-order valence-electron chi connectivity index (χ1n) is 1.52. The topological polar surface area (TPSA) is 74.9 Å². The molecule has 0 saturated heterocycles. The van der Waals surface area contributed by atoms with Crippen LogP contribution in [0.5, 0.6) is 0 Å². The van der Waals surface area contributed by atoms with E-state index in [1.165, 1.54) is 0 Å². The van der Waals surface area contributed by atoms with Crippen molar-refractivity contribution in [3.05, 3.63) is 0 Å². The number of halogens is 1. The van der Waals surface area contributed by atoms with Gasteiger partial charge in [0.25, 0.3) is 0 Å². The first kappa shape index (κ1) is 10.1. The predicted octanol–water partition coefficient (Wildman–Crippen LogP) is -0.822. The molecule has 4 nitrogen and oxygen atoms in total. The van der Waals surface area contributed by atoms with Gasteiger partial charge in [-0.05, 0) is 0 Å². The lowest BCUT2D eigenvalue weighted by Gasteiger charge is -1.79. The van der Waals surface area contributed by atoms with Gasteiger partial charge in [-0.25, -0.2) is 9.74 Å². The van der Waals surface area contributed by atoms with Crippen LogP contribution in [-0.2, 0) is 14.5 Å². The van der Waals surface area contributed by atoms with Crippen LogP contribution in [0.15, 0.2) is 0 Å². The van der Waals surface area contributed by atoms with Gasteiger partial charge in [0.2, 0.25) is 5.78 Å². The fourth-order valence-electron chi connectivity index (χ4n) is 0.0543. The van der Waals surface area contributed by atoms with Crippen molar-refractivity contribution >= 4 is 11.8 Å². The van der Waals surface area contributed by atoms with Gasteiger partial charge in [0.15, 0.2) is 0 Å². The van der Waals surface area contributed by atoms with E-state index in [9.17, 15) is 14.1 Å². The molecule has 0 aliphatic heterocycles. The van der Waals surface area contributed by atoms with Crippen molar-refractivity contribution in [1.29, 1.82) is 0 Å². The number of Topliss-reactive ketones (excluding diaryl/α,β-unsaturated/α-hetero) is 1. The van der Waals surface area contributed by atoms with Crippen LogP contribution in [0.25, 0.3) is 0 Å². The first-order valence-corrected chi connectivity index (χ1v) is 1.52. The standard InChI is InChI=1S/C3H3FO3.H2O/c1-2(5)3(6)7-4;/h1H3;1H2. The maximum atomic E-state index is 10.6. The van der Waals surface area contributed by atoms with Crippen molar-refractivity contribution in [1.82, 2.24) is 0 Å². The molecular formula is C3H5FO4. The lowest BCUT2D eigenvalue weighted by molar-refractivity contribution is -0.185. The lowest BCUT2D eigenvalue weighted by Crippen LogP contribution is -2.08. The number of hydrogen-bond acceptors (Lipinski definition) is 3. The van der Waals surface area contributed by atoms with E-state index in [0.29, 0.717) is 0 Å². The van der Waals surface area contributed by atoms with Gasteiger partial charge in [0.1, 0.15) is 0 Å². The Kier molecular flexibility index (Phi) is 5.30. The number of carbonyl (C=O) groups excluding carboxylic acids is 2. The Morgan fingerprint density at radius 1 is 1.50 bits per heavy atom. The van der Waals surface area contributed by atoms with Crippen LogP contribution in [0.3, 0.4) is 0 Å². The Morgan fingerprint density at radius 2 is 1.88 bits per heavy atom. The van der Waals surface area contributed by atoms with E-state index < -0.39 is 11.8 Å². The molecule has 48 valence electrons. The quantitative estimate of drug-likeness (QED) is 0.428. The molecule has 0 spiro atoms. The van der Waals surface area contributed by atoms with Gasteiger partial charge in [-0.2, -0.15) is 0 Å². The molecule has 2 N–H and O–H groups in total. The largest absolute Gasteiger partial charge is 0.414 e. The van der Waals surface area contributed by atoms with Crippen LogP contribution in [-0.4, -0.2) is 17.2 Å². The van der Waals surface area contributed by atoms with Crippen LogP contribution >= 0.6 is 0 Å². The highest BCUT2D eigenvalue weighted by Crippen LogP contribution is 1.77. The zero-order valence-electron chi connectivity index (χ0n) is 4.10. The summed E-state index contributed by atoms with van der Waals surface area (Å²) in [5, 5.41) is 0. The Morgan fingerprint density at radius 3 is 1.88 bits per heavy atom. The number of hydrogen-bond donors (Lipinski definition) is 0. The fraction of sp³-hybridized carbons (Fsp3) is 0.333. The molecule has 0 aromatic heterocycles. The Balaban J connectivity index is 0. The van der Waals surface area contributed by atoms with Gasteiger partial charge in [0.05, 0.1) is 0 Å². The summed E-state index contributed by atoms with van der Waals surface area (Å²) in [5.74, 6) is -2.40. The summed E-state index contributed by atoms with van der Waals surface area (Å²) in [5.41, 5.74) is 0. The maximum Gasteiger partial charge on any atom is 0.414 e. The summed E-state index contributed by atoms with van der Waals surface area (Å²) in [4.78, 5) is 21.7. The molecule has 0 bridgehead atoms. The van der Waals surface area contributed by atoms with Gasteiger partial charge < -0.3 is 5.48 Å². The molecule has 0 aliphatic carbocycles. The molecule has 0 rings (SSSR count). The second-order valence-electron chi connectivity index (χ2n) is 0.921. The van der Waals surface area contributed by atoms with Crippen molar-refractivity contribution in [3.8, 4) is 0 Å². The predicted molar refractivity (Wildman–Crippen MR) is 21.5 cm³/mol. The summed E-state index contributed by atoms with van der Waals surface area (Å²) in [7, 11) is 0. The number of ketones is 1. The Hall–Kier alpha value is -0.970. The second kappa shape index (κ2) is 4.20. The molecule has 0 aliphatic rings. The minimum atomic E-state index is -1.46. The molecule has 0 saturated carbocycles. The molecule has 0 aromatic rings. The van der Waals surface area contributed by atoms with Gasteiger partial charge in [-0.1, -0.05) is 0 Å². The van der Waals surface area contributed by atoms with E-state index in [4.69, 9.17) is 0 Å². The van der Waals surface area contributed by atoms with Gasteiger partial charge in [-0.3, -0.25) is 4.79 Å². The minimum Gasteiger partial charge on any atom is -0.412 e. The van der Waals surface area contributed by atoms with Gasteiger partial charge in [-0.15, -0.1) is 0 Å². The van der Waals surface area contributed by atoms with E-state index in [1.54, 1.807) is 0 Å². The zero-order chi connectivity index (χ0) is 5.86. The van der Waals surface area contributed by atoms with Crippen molar-refractivity contribution < 1.29 is 24.5 Å². The summed E-state index contributed by atoms with van der Waals surface area (Å²) in [6, 6.07) is 0. The first-order chi connectivity index (χ1) is 3.18. The molecule has 0 heterocycles. The molecular weight excluding hydrogens is 119 g/mol. The van der Waals surface area contributed by atoms with Crippen LogP contribution in [0, 0.1) is 0 Å². The molecule has 5 heteroatoms. The second-order valence-corrected chi connectivity index (χ2v) is 0.921. The average molecular weight is 124 g/mol. The van der Waals surface area contributed by atoms with E-state index in [2.05, 4.69) is 4.94 Å². The van der Waals surface area contributed by atoms with E-state index in [0.717, 1.165) is 6.92 Å². The lowest BCUT2D eigenvalue weighted by atomic mass is 10.5. The van der Waals surface area contributed by atoms with Gasteiger partial charge >= 0.3 is 5.97 Å². The SMILES string of the molecule is CC(=O)C(=O)OF.O. The van der Waals surface area contributed by atoms with Crippen molar-refractivity contribution in [3.63, 3.8) is 0 Å². The van der Waals surface area contributed by atoms with Crippen LogP contribution < -0.4 is 0 Å². The summed E-state index contributed by atoms with van der Waals surface area (Å²) < 4.78 is 10.6. The average Bonchev–Trinajstić information content (AvgIpc) is 1.65. The van der Waals surface area contributed by atoms with Crippen LogP contribution in [0.2, 0.25) is 0 Å². The minimum absolute atomic E-state index is 0. The van der Waals surface area contributed by atoms with E-state index >= 15 is 0 Å². The molecule has 0 atom stereocenters. The number of carbonyl (C=O) groups is 2. The highest BCUT2D eigenvalue weighted by molar-refractivity contribution is 6.32. The Bertz CT molecular complexity index is 99.5. The Labute approximate surface area is 44.5 Å². The van der Waals surface area contributed by atoms with Crippen LogP contribution in [0.1, 0.15) is 6.92 Å².